The lowest BCUT2D eigenvalue weighted by molar-refractivity contribution is 0.0940. The van der Waals surface area contributed by atoms with Gasteiger partial charge in [0.05, 0.1) is 24.5 Å². The summed E-state index contributed by atoms with van der Waals surface area (Å²) in [6, 6.07) is 20.1. The molecule has 3 aromatic carbocycles. The molecule has 178 valence electrons. The quantitative estimate of drug-likeness (QED) is 0.458. The van der Waals surface area contributed by atoms with E-state index in [1.807, 2.05) is 13.0 Å². The Balaban J connectivity index is 1.48. The van der Waals surface area contributed by atoms with E-state index in [1.54, 1.807) is 42.5 Å². The maximum absolute atomic E-state index is 12.9. The Hall–Kier alpha value is -2.83. The maximum atomic E-state index is 12.9. The fourth-order valence-corrected chi connectivity index (χ4v) is 5.42. The van der Waals surface area contributed by atoms with Crippen LogP contribution in [0.5, 0.6) is 0 Å². The Morgan fingerprint density at radius 2 is 1.68 bits per heavy atom. The van der Waals surface area contributed by atoms with Gasteiger partial charge in [-0.1, -0.05) is 48.0 Å². The van der Waals surface area contributed by atoms with E-state index in [9.17, 15) is 13.2 Å². The Morgan fingerprint density at radius 1 is 1.00 bits per heavy atom. The van der Waals surface area contributed by atoms with Crippen molar-refractivity contribution in [2.24, 2.45) is 0 Å². The zero-order valence-electron chi connectivity index (χ0n) is 19.4. The molecule has 0 radical (unpaired) electrons. The number of anilines is 1. The minimum absolute atomic E-state index is 0.111. The van der Waals surface area contributed by atoms with Gasteiger partial charge in [0.1, 0.15) is 0 Å². The molecule has 1 aliphatic carbocycles. The zero-order chi connectivity index (χ0) is 24.3. The number of halogens is 1. The van der Waals surface area contributed by atoms with Crippen molar-refractivity contribution in [1.29, 1.82) is 0 Å². The van der Waals surface area contributed by atoms with E-state index in [2.05, 4.69) is 23.5 Å². The van der Waals surface area contributed by atoms with Gasteiger partial charge in [0.15, 0.2) is 0 Å². The summed E-state index contributed by atoms with van der Waals surface area (Å²) in [5.74, 6) is -0.200. The van der Waals surface area contributed by atoms with Gasteiger partial charge >= 0.3 is 0 Å². The Kier molecular flexibility index (Phi) is 7.29. The molecule has 7 heteroatoms. The molecule has 1 atom stereocenters. The number of rotatable bonds is 7. The molecule has 3 aromatic rings. The Labute approximate surface area is 206 Å². The van der Waals surface area contributed by atoms with E-state index < -0.39 is 10.0 Å². The van der Waals surface area contributed by atoms with Crippen LogP contribution in [0.15, 0.2) is 66.7 Å². The number of fused-ring (bicyclic) bond motifs is 1. The van der Waals surface area contributed by atoms with Gasteiger partial charge in [-0.2, -0.15) is 0 Å². The van der Waals surface area contributed by atoms with Gasteiger partial charge in [0.2, 0.25) is 10.0 Å². The number of benzene rings is 3. The average Bonchev–Trinajstić information content (AvgIpc) is 2.82. The number of carbonyl (C=O) groups excluding carboxylic acids is 1. The molecule has 0 unspecified atom stereocenters. The first-order chi connectivity index (χ1) is 16.2. The number of sulfonamides is 1. The molecule has 1 amide bonds. The highest BCUT2D eigenvalue weighted by Gasteiger charge is 2.20. The number of amides is 1. The van der Waals surface area contributed by atoms with Gasteiger partial charge in [-0.3, -0.25) is 9.10 Å². The number of nitrogens with one attached hydrogen (secondary N) is 1. The van der Waals surface area contributed by atoms with Gasteiger partial charge in [-0.15, -0.1) is 0 Å². The highest BCUT2D eigenvalue weighted by Crippen LogP contribution is 2.26. The summed E-state index contributed by atoms with van der Waals surface area (Å²) in [4.78, 5) is 12.9. The molecule has 0 bridgehead atoms. The second-order valence-corrected chi connectivity index (χ2v) is 11.2. The largest absolute Gasteiger partial charge is 0.346 e. The van der Waals surface area contributed by atoms with Crippen LogP contribution in [0.1, 0.15) is 58.4 Å². The van der Waals surface area contributed by atoms with Crippen molar-refractivity contribution >= 4 is 33.2 Å². The fourth-order valence-electron chi connectivity index (χ4n) is 4.35. The fraction of sp³-hybridized carbons (Fsp3) is 0.296. The van der Waals surface area contributed by atoms with E-state index in [0.717, 1.165) is 24.7 Å². The van der Waals surface area contributed by atoms with Crippen molar-refractivity contribution in [3.8, 4) is 0 Å². The number of carbonyl (C=O) groups is 1. The first-order valence-electron chi connectivity index (χ1n) is 11.5. The second kappa shape index (κ2) is 10.2. The summed E-state index contributed by atoms with van der Waals surface area (Å²) in [6.45, 7) is 2.09. The minimum Gasteiger partial charge on any atom is -0.346 e. The molecule has 34 heavy (non-hydrogen) atoms. The molecule has 0 aliphatic heterocycles. The van der Waals surface area contributed by atoms with E-state index >= 15 is 0 Å². The summed E-state index contributed by atoms with van der Waals surface area (Å²) in [6.07, 6.45) is 5.83. The smallest absolute Gasteiger partial charge is 0.251 e. The number of hydrogen-bond donors (Lipinski definition) is 1. The molecule has 0 fully saturated rings. The lowest BCUT2D eigenvalue weighted by Gasteiger charge is -2.23. The van der Waals surface area contributed by atoms with Crippen LogP contribution < -0.4 is 9.62 Å². The van der Waals surface area contributed by atoms with Crippen LogP contribution in [-0.2, 0) is 29.4 Å². The molecule has 0 aromatic heterocycles. The molecular formula is C27H29ClN2O3S. The molecule has 1 N–H and O–H groups in total. The van der Waals surface area contributed by atoms with Gasteiger partial charge in [0, 0.05) is 10.6 Å². The standard InChI is InChI=1S/C27H29ClN2O3S/c1-19(22-12-11-20-7-3-4-8-23(20)17-22)29-27(31)21-13-15-25(16-14-21)30(34(2,32)33)18-24-9-5-6-10-26(24)28/h5-6,9-17,19H,3-4,7-8,18H2,1-2H3,(H,29,31)/t19-/m1/s1. The normalized spacial score (nSPS) is 14.2. The Bertz CT molecular complexity index is 1290. The zero-order valence-corrected chi connectivity index (χ0v) is 21.0. The van der Waals surface area contributed by atoms with Crippen molar-refractivity contribution in [3.05, 3.63) is 99.6 Å². The van der Waals surface area contributed by atoms with Crippen molar-refractivity contribution in [1.82, 2.24) is 5.32 Å². The highest BCUT2D eigenvalue weighted by atomic mass is 35.5. The highest BCUT2D eigenvalue weighted by molar-refractivity contribution is 7.92. The molecule has 1 aliphatic rings. The monoisotopic (exact) mass is 496 g/mol. The van der Waals surface area contributed by atoms with Crippen LogP contribution in [-0.4, -0.2) is 20.6 Å². The maximum Gasteiger partial charge on any atom is 0.251 e. The summed E-state index contributed by atoms with van der Waals surface area (Å²) >= 11 is 6.24. The van der Waals surface area contributed by atoms with Gasteiger partial charge < -0.3 is 5.32 Å². The third-order valence-electron chi connectivity index (χ3n) is 6.31. The molecular weight excluding hydrogens is 468 g/mol. The molecule has 0 saturated heterocycles. The molecule has 0 saturated carbocycles. The molecule has 5 nitrogen and oxygen atoms in total. The predicted molar refractivity (Wildman–Crippen MR) is 138 cm³/mol. The minimum atomic E-state index is -3.55. The number of hydrogen-bond acceptors (Lipinski definition) is 3. The third kappa shape index (κ3) is 5.62. The van der Waals surface area contributed by atoms with Crippen LogP contribution in [0.25, 0.3) is 0 Å². The van der Waals surface area contributed by atoms with Gasteiger partial charge in [0.25, 0.3) is 5.91 Å². The average molecular weight is 497 g/mol. The SMILES string of the molecule is C[C@@H](NC(=O)c1ccc(N(Cc2ccccc2Cl)S(C)(=O)=O)cc1)c1ccc2c(c1)CCCC2. The van der Waals surface area contributed by atoms with Crippen molar-refractivity contribution in [2.45, 2.75) is 45.2 Å². The first-order valence-corrected chi connectivity index (χ1v) is 13.7. The van der Waals surface area contributed by atoms with Crippen LogP contribution in [0, 0.1) is 0 Å². The summed E-state index contributed by atoms with van der Waals surface area (Å²) < 4.78 is 26.2. The summed E-state index contributed by atoms with van der Waals surface area (Å²) in [5, 5.41) is 3.56. The van der Waals surface area contributed by atoms with Crippen molar-refractivity contribution in [3.63, 3.8) is 0 Å². The van der Waals surface area contributed by atoms with Crippen LogP contribution in [0.4, 0.5) is 5.69 Å². The van der Waals surface area contributed by atoms with Crippen molar-refractivity contribution < 1.29 is 13.2 Å². The Morgan fingerprint density at radius 3 is 2.35 bits per heavy atom. The number of nitrogens with zero attached hydrogens (tertiary/aromatic N) is 1. The lowest BCUT2D eigenvalue weighted by Crippen LogP contribution is -2.30. The number of aryl methyl sites for hydroxylation is 2. The van der Waals surface area contributed by atoms with Gasteiger partial charge in [-0.05, 0) is 85.2 Å². The first kappa shape index (κ1) is 24.3. The third-order valence-corrected chi connectivity index (χ3v) is 7.82. The van der Waals surface area contributed by atoms with E-state index in [1.165, 1.54) is 28.3 Å². The van der Waals surface area contributed by atoms with Crippen LogP contribution >= 0.6 is 11.6 Å². The molecule has 0 spiro atoms. The van der Waals surface area contributed by atoms with Gasteiger partial charge in [-0.25, -0.2) is 8.42 Å². The van der Waals surface area contributed by atoms with Crippen molar-refractivity contribution in [2.75, 3.05) is 10.6 Å². The van der Waals surface area contributed by atoms with Crippen LogP contribution in [0.2, 0.25) is 5.02 Å². The van der Waals surface area contributed by atoms with E-state index in [-0.39, 0.29) is 18.5 Å². The second-order valence-electron chi connectivity index (χ2n) is 8.84. The predicted octanol–water partition coefficient (Wildman–Crippen LogP) is 5.68. The van der Waals surface area contributed by atoms with Crippen LogP contribution in [0.3, 0.4) is 0 Å². The summed E-state index contributed by atoms with van der Waals surface area (Å²) in [7, 11) is -3.55. The topological polar surface area (TPSA) is 66.5 Å². The summed E-state index contributed by atoms with van der Waals surface area (Å²) in [5.41, 5.74) is 5.54. The molecule has 0 heterocycles. The van der Waals surface area contributed by atoms with E-state index in [0.29, 0.717) is 21.8 Å². The van der Waals surface area contributed by atoms with E-state index in [4.69, 9.17) is 11.6 Å². The lowest BCUT2D eigenvalue weighted by atomic mass is 9.89. The molecule has 4 rings (SSSR count).